The number of carbonyl (C=O) groups is 1. The fraction of sp³-hybridized carbons (Fsp3) is 0.526. The van der Waals surface area contributed by atoms with Gasteiger partial charge in [0.2, 0.25) is 5.91 Å². The molecule has 2 heterocycles. The smallest absolute Gasteiger partial charge is 0.224 e. The fourth-order valence-corrected chi connectivity index (χ4v) is 3.70. The number of piperidine rings is 1. The number of likely N-dealkylation sites (tertiary alicyclic amines) is 1. The third-order valence-electron chi connectivity index (χ3n) is 5.11. The lowest BCUT2D eigenvalue weighted by molar-refractivity contribution is -0.134. The lowest BCUT2D eigenvalue weighted by atomic mass is 9.92. The van der Waals surface area contributed by atoms with Crippen molar-refractivity contribution >= 4 is 5.91 Å². The van der Waals surface area contributed by atoms with Crippen LogP contribution in [0.3, 0.4) is 0 Å². The van der Waals surface area contributed by atoms with E-state index in [1.54, 1.807) is 11.0 Å². The molecule has 1 aromatic heterocycles. The van der Waals surface area contributed by atoms with Crippen LogP contribution in [0.15, 0.2) is 43.0 Å². The molecule has 0 spiro atoms. The third-order valence-corrected chi connectivity index (χ3v) is 5.11. The monoisotopic (exact) mass is 341 g/mol. The normalized spacial score (nSPS) is 21.2. The summed E-state index contributed by atoms with van der Waals surface area (Å²) in [6.07, 6.45) is 4.65. The Labute approximate surface area is 149 Å². The number of hydrogen-bond acceptors (Lipinski definition) is 4. The summed E-state index contributed by atoms with van der Waals surface area (Å²) in [6.45, 7) is 5.89. The van der Waals surface area contributed by atoms with Crippen LogP contribution in [0, 0.1) is 5.92 Å². The molecule has 2 aromatic rings. The maximum absolute atomic E-state index is 12.5. The second-order valence-corrected chi connectivity index (χ2v) is 6.97. The first kappa shape index (κ1) is 17.6. The first-order valence-corrected chi connectivity index (χ1v) is 8.98. The Bertz CT molecular complexity index is 658. The quantitative estimate of drug-likeness (QED) is 0.807. The lowest BCUT2D eigenvalue weighted by Crippen LogP contribution is -2.50. The van der Waals surface area contributed by atoms with Crippen LogP contribution in [0.2, 0.25) is 0 Å². The number of aromatic nitrogens is 3. The van der Waals surface area contributed by atoms with Gasteiger partial charge in [-0.2, -0.15) is 5.10 Å². The van der Waals surface area contributed by atoms with Gasteiger partial charge in [-0.25, -0.2) is 4.98 Å². The zero-order valence-corrected chi connectivity index (χ0v) is 15.1. The average molecular weight is 341 g/mol. The van der Waals surface area contributed by atoms with Gasteiger partial charge in [-0.1, -0.05) is 37.3 Å². The van der Waals surface area contributed by atoms with Gasteiger partial charge in [0, 0.05) is 39.1 Å². The Morgan fingerprint density at radius 2 is 2.12 bits per heavy atom. The summed E-state index contributed by atoms with van der Waals surface area (Å²) in [5, 5.41) is 4.05. The van der Waals surface area contributed by atoms with Crippen LogP contribution in [0.1, 0.15) is 25.3 Å². The van der Waals surface area contributed by atoms with Crippen molar-refractivity contribution in [1.82, 2.24) is 24.6 Å². The van der Waals surface area contributed by atoms with Gasteiger partial charge < -0.3 is 4.90 Å². The van der Waals surface area contributed by atoms with Gasteiger partial charge in [0.15, 0.2) is 0 Å². The summed E-state index contributed by atoms with van der Waals surface area (Å²) < 4.78 is 1.71. The summed E-state index contributed by atoms with van der Waals surface area (Å²) in [5.41, 5.74) is 1.35. The molecule has 0 saturated carbocycles. The maximum Gasteiger partial charge on any atom is 0.224 e. The van der Waals surface area contributed by atoms with E-state index in [1.165, 1.54) is 11.9 Å². The molecular weight excluding hydrogens is 314 g/mol. The molecule has 0 aliphatic carbocycles. The largest absolute Gasteiger partial charge is 0.342 e. The minimum absolute atomic E-state index is 0.184. The number of benzene rings is 1. The van der Waals surface area contributed by atoms with Crippen LogP contribution in [0.25, 0.3) is 0 Å². The minimum Gasteiger partial charge on any atom is -0.342 e. The van der Waals surface area contributed by atoms with Gasteiger partial charge >= 0.3 is 0 Å². The number of nitrogens with zero attached hydrogens (tertiary/aromatic N) is 5. The van der Waals surface area contributed by atoms with E-state index in [2.05, 4.69) is 52.2 Å². The molecule has 6 heteroatoms. The summed E-state index contributed by atoms with van der Waals surface area (Å²) in [6, 6.07) is 10.9. The van der Waals surface area contributed by atoms with Crippen LogP contribution in [-0.4, -0.2) is 56.7 Å². The molecule has 134 valence electrons. The van der Waals surface area contributed by atoms with Crippen molar-refractivity contribution in [1.29, 1.82) is 0 Å². The predicted molar refractivity (Wildman–Crippen MR) is 96.7 cm³/mol. The molecular formula is C19H27N5O. The minimum atomic E-state index is 0.184. The van der Waals surface area contributed by atoms with Crippen molar-refractivity contribution in [2.24, 2.45) is 5.92 Å². The van der Waals surface area contributed by atoms with Crippen molar-refractivity contribution in [3.63, 3.8) is 0 Å². The summed E-state index contributed by atoms with van der Waals surface area (Å²) in [5.74, 6) is 0.654. The summed E-state index contributed by atoms with van der Waals surface area (Å²) in [4.78, 5) is 20.9. The van der Waals surface area contributed by atoms with E-state index in [0.29, 0.717) is 24.9 Å². The van der Waals surface area contributed by atoms with Crippen LogP contribution < -0.4 is 0 Å². The third kappa shape index (κ3) is 4.66. The molecule has 0 N–H and O–H groups in total. The number of aryl methyl sites for hydroxylation is 1. The van der Waals surface area contributed by atoms with Crippen LogP contribution >= 0.6 is 0 Å². The van der Waals surface area contributed by atoms with Crippen molar-refractivity contribution in [2.75, 3.05) is 20.1 Å². The van der Waals surface area contributed by atoms with Crippen molar-refractivity contribution in [3.05, 3.63) is 48.5 Å². The molecule has 0 radical (unpaired) electrons. The van der Waals surface area contributed by atoms with Gasteiger partial charge in [0.25, 0.3) is 0 Å². The highest BCUT2D eigenvalue weighted by Crippen LogP contribution is 2.23. The van der Waals surface area contributed by atoms with Gasteiger partial charge in [-0.3, -0.25) is 14.4 Å². The van der Waals surface area contributed by atoms with Gasteiger partial charge in [0.1, 0.15) is 12.7 Å². The molecule has 2 atom stereocenters. The average Bonchev–Trinajstić information content (AvgIpc) is 3.14. The maximum atomic E-state index is 12.5. The Kier molecular flexibility index (Phi) is 5.81. The van der Waals surface area contributed by atoms with Crippen molar-refractivity contribution in [3.8, 4) is 0 Å². The molecule has 25 heavy (non-hydrogen) atoms. The highest BCUT2D eigenvalue weighted by atomic mass is 16.2. The number of amides is 1. The van der Waals surface area contributed by atoms with Crippen molar-refractivity contribution < 1.29 is 4.79 Å². The van der Waals surface area contributed by atoms with Crippen LogP contribution in [0.5, 0.6) is 0 Å². The van der Waals surface area contributed by atoms with Crippen LogP contribution in [0.4, 0.5) is 0 Å². The molecule has 3 rings (SSSR count). The SMILES string of the molecule is CC1CN(Cc2ccccc2)CCC1N(C)C(=O)CCn1cncn1. The van der Waals surface area contributed by atoms with Crippen molar-refractivity contribution in [2.45, 2.75) is 38.9 Å². The zero-order valence-electron chi connectivity index (χ0n) is 15.1. The molecule has 0 bridgehead atoms. The van der Waals surface area contributed by atoms with Gasteiger partial charge in [-0.05, 0) is 17.9 Å². The first-order valence-electron chi connectivity index (χ1n) is 8.98. The Morgan fingerprint density at radius 1 is 1.32 bits per heavy atom. The van der Waals surface area contributed by atoms with E-state index in [-0.39, 0.29) is 5.91 Å². The predicted octanol–water partition coefficient (Wildman–Crippen LogP) is 2.04. The summed E-state index contributed by atoms with van der Waals surface area (Å²) >= 11 is 0. The topological polar surface area (TPSA) is 54.3 Å². The number of carbonyl (C=O) groups excluding carboxylic acids is 1. The molecule has 6 nitrogen and oxygen atoms in total. The standard InChI is InChI=1S/C19H27N5O/c1-16-12-23(13-17-6-4-3-5-7-17)10-8-18(16)22(2)19(25)9-11-24-15-20-14-21-24/h3-7,14-16,18H,8-13H2,1-2H3. The molecule has 1 fully saturated rings. The highest BCUT2D eigenvalue weighted by molar-refractivity contribution is 5.76. The molecule has 1 aliphatic rings. The molecule has 2 unspecified atom stereocenters. The Morgan fingerprint density at radius 3 is 2.80 bits per heavy atom. The zero-order chi connectivity index (χ0) is 17.6. The molecule has 1 aliphatic heterocycles. The second-order valence-electron chi connectivity index (χ2n) is 6.97. The Balaban J connectivity index is 1.49. The second kappa shape index (κ2) is 8.25. The first-order chi connectivity index (χ1) is 12.1. The van der Waals surface area contributed by atoms with E-state index in [4.69, 9.17) is 0 Å². The number of hydrogen-bond donors (Lipinski definition) is 0. The highest BCUT2D eigenvalue weighted by Gasteiger charge is 2.30. The molecule has 1 amide bonds. The van der Waals surface area contributed by atoms with Crippen LogP contribution in [-0.2, 0) is 17.9 Å². The fourth-order valence-electron chi connectivity index (χ4n) is 3.70. The van der Waals surface area contributed by atoms with E-state index in [9.17, 15) is 4.79 Å². The molecule has 1 saturated heterocycles. The van der Waals surface area contributed by atoms with E-state index >= 15 is 0 Å². The van der Waals surface area contributed by atoms with Gasteiger partial charge in [-0.15, -0.1) is 0 Å². The van der Waals surface area contributed by atoms with E-state index in [1.807, 2.05) is 11.9 Å². The lowest BCUT2D eigenvalue weighted by Gasteiger charge is -2.41. The molecule has 1 aromatic carbocycles. The van der Waals surface area contributed by atoms with E-state index < -0.39 is 0 Å². The summed E-state index contributed by atoms with van der Waals surface area (Å²) in [7, 11) is 1.94. The Hall–Kier alpha value is -2.21. The number of rotatable bonds is 6. The van der Waals surface area contributed by atoms with Gasteiger partial charge in [0.05, 0.1) is 6.54 Å². The van der Waals surface area contributed by atoms with E-state index in [0.717, 1.165) is 26.1 Å².